The number of aliphatic carboxylic acids is 1. The Balaban J connectivity index is 2.84. The van der Waals surface area contributed by atoms with Crippen molar-refractivity contribution < 1.29 is 18.7 Å². The standard InChI is InChI=1S/C14H19F2NO2/c1-2-3-4-9-17(10-8-13(18)19)14-11(15)6-5-7-12(14)16/h5-7H,2-4,8-10H2,1H3,(H,18,19). The second-order valence-corrected chi connectivity index (χ2v) is 4.41. The fraction of sp³-hybridized carbons (Fsp3) is 0.500. The first-order chi connectivity index (χ1) is 9.06. The number of anilines is 1. The molecule has 1 aromatic rings. The molecular formula is C14H19F2NO2. The molecule has 0 fully saturated rings. The van der Waals surface area contributed by atoms with Gasteiger partial charge in [0, 0.05) is 13.1 Å². The number of hydrogen-bond donors (Lipinski definition) is 1. The zero-order valence-corrected chi connectivity index (χ0v) is 11.0. The highest BCUT2D eigenvalue weighted by atomic mass is 19.1. The molecule has 0 amide bonds. The lowest BCUT2D eigenvalue weighted by atomic mass is 10.2. The van der Waals surface area contributed by atoms with E-state index in [2.05, 4.69) is 0 Å². The molecule has 0 saturated heterocycles. The lowest BCUT2D eigenvalue weighted by Crippen LogP contribution is -2.29. The Kier molecular flexibility index (Phi) is 6.25. The van der Waals surface area contributed by atoms with Crippen LogP contribution in [-0.4, -0.2) is 24.2 Å². The third kappa shape index (κ3) is 4.85. The third-order valence-electron chi connectivity index (χ3n) is 2.88. The van der Waals surface area contributed by atoms with Crippen LogP contribution in [0.5, 0.6) is 0 Å². The van der Waals surface area contributed by atoms with Gasteiger partial charge in [-0.25, -0.2) is 8.78 Å². The minimum absolute atomic E-state index is 0.108. The van der Waals surface area contributed by atoms with E-state index in [9.17, 15) is 13.6 Å². The van der Waals surface area contributed by atoms with E-state index in [1.807, 2.05) is 6.92 Å². The molecule has 0 aliphatic carbocycles. The van der Waals surface area contributed by atoms with Gasteiger partial charge in [-0.2, -0.15) is 0 Å². The van der Waals surface area contributed by atoms with Crippen LogP contribution in [0.25, 0.3) is 0 Å². The van der Waals surface area contributed by atoms with Crippen LogP contribution in [-0.2, 0) is 4.79 Å². The maximum absolute atomic E-state index is 13.7. The smallest absolute Gasteiger partial charge is 0.305 e. The minimum atomic E-state index is -0.975. The first-order valence-corrected chi connectivity index (χ1v) is 6.47. The lowest BCUT2D eigenvalue weighted by molar-refractivity contribution is -0.136. The molecule has 0 unspecified atom stereocenters. The zero-order chi connectivity index (χ0) is 14.3. The number of para-hydroxylation sites is 1. The van der Waals surface area contributed by atoms with Gasteiger partial charge in [0.2, 0.25) is 0 Å². The summed E-state index contributed by atoms with van der Waals surface area (Å²) >= 11 is 0. The van der Waals surface area contributed by atoms with Crippen LogP contribution in [0, 0.1) is 11.6 Å². The molecule has 5 heteroatoms. The number of carbonyl (C=O) groups is 1. The minimum Gasteiger partial charge on any atom is -0.481 e. The fourth-order valence-electron chi connectivity index (χ4n) is 1.91. The second-order valence-electron chi connectivity index (χ2n) is 4.41. The normalized spacial score (nSPS) is 10.5. The molecule has 0 atom stereocenters. The van der Waals surface area contributed by atoms with Gasteiger partial charge in [-0.1, -0.05) is 25.8 Å². The van der Waals surface area contributed by atoms with Gasteiger partial charge in [-0.15, -0.1) is 0 Å². The topological polar surface area (TPSA) is 40.5 Å². The van der Waals surface area contributed by atoms with Crippen molar-refractivity contribution in [2.45, 2.75) is 32.6 Å². The summed E-state index contributed by atoms with van der Waals surface area (Å²) in [6.07, 6.45) is 2.58. The summed E-state index contributed by atoms with van der Waals surface area (Å²) in [5.74, 6) is -2.28. The highest BCUT2D eigenvalue weighted by molar-refractivity contribution is 5.67. The summed E-state index contributed by atoms with van der Waals surface area (Å²) in [6.45, 7) is 2.60. The molecule has 0 aliphatic rings. The van der Waals surface area contributed by atoms with Gasteiger partial charge in [-0.3, -0.25) is 4.79 Å². The van der Waals surface area contributed by atoms with Crippen molar-refractivity contribution in [1.82, 2.24) is 0 Å². The molecule has 0 bridgehead atoms. The largest absolute Gasteiger partial charge is 0.481 e. The van der Waals surface area contributed by atoms with E-state index in [1.165, 1.54) is 23.1 Å². The van der Waals surface area contributed by atoms with Gasteiger partial charge >= 0.3 is 5.97 Å². The summed E-state index contributed by atoms with van der Waals surface area (Å²) in [4.78, 5) is 12.1. The number of benzene rings is 1. The number of unbranched alkanes of at least 4 members (excludes halogenated alkanes) is 2. The molecule has 0 aliphatic heterocycles. The highest BCUT2D eigenvalue weighted by Crippen LogP contribution is 2.23. The second kappa shape index (κ2) is 7.71. The van der Waals surface area contributed by atoms with Crippen molar-refractivity contribution in [2.75, 3.05) is 18.0 Å². The number of rotatable bonds is 8. The van der Waals surface area contributed by atoms with Crippen molar-refractivity contribution in [2.24, 2.45) is 0 Å². The van der Waals surface area contributed by atoms with E-state index in [0.29, 0.717) is 6.54 Å². The van der Waals surface area contributed by atoms with Crippen LogP contribution in [0.3, 0.4) is 0 Å². The number of halogens is 2. The van der Waals surface area contributed by atoms with Gasteiger partial charge in [0.1, 0.15) is 17.3 Å². The lowest BCUT2D eigenvalue weighted by Gasteiger charge is -2.25. The van der Waals surface area contributed by atoms with Crippen molar-refractivity contribution >= 4 is 11.7 Å². The summed E-state index contributed by atoms with van der Waals surface area (Å²) in [6, 6.07) is 3.67. The number of carboxylic acids is 1. The van der Waals surface area contributed by atoms with Gasteiger partial charge in [-0.05, 0) is 18.6 Å². The molecule has 1 N–H and O–H groups in total. The molecule has 19 heavy (non-hydrogen) atoms. The van der Waals surface area contributed by atoms with E-state index in [-0.39, 0.29) is 18.7 Å². The predicted octanol–water partition coefficient (Wildman–Crippen LogP) is 3.44. The van der Waals surface area contributed by atoms with Crippen LogP contribution in [0.15, 0.2) is 18.2 Å². The Morgan fingerprint density at radius 2 is 1.84 bits per heavy atom. The van der Waals surface area contributed by atoms with E-state index < -0.39 is 17.6 Å². The Hall–Kier alpha value is -1.65. The van der Waals surface area contributed by atoms with E-state index >= 15 is 0 Å². The molecule has 1 rings (SSSR count). The fourth-order valence-corrected chi connectivity index (χ4v) is 1.91. The summed E-state index contributed by atoms with van der Waals surface area (Å²) in [5.41, 5.74) is -0.125. The van der Waals surface area contributed by atoms with Crippen LogP contribution >= 0.6 is 0 Å². The maximum atomic E-state index is 13.7. The van der Waals surface area contributed by atoms with Crippen molar-refractivity contribution in [3.8, 4) is 0 Å². The third-order valence-corrected chi connectivity index (χ3v) is 2.88. The molecule has 0 heterocycles. The summed E-state index contributed by atoms with van der Waals surface area (Å²) in [5, 5.41) is 8.71. The molecular weight excluding hydrogens is 252 g/mol. The van der Waals surface area contributed by atoms with Crippen molar-refractivity contribution in [3.05, 3.63) is 29.8 Å². The Morgan fingerprint density at radius 3 is 2.37 bits per heavy atom. The molecule has 1 aromatic carbocycles. The number of carboxylic acid groups (broad SMARTS) is 1. The SMILES string of the molecule is CCCCCN(CCC(=O)O)c1c(F)cccc1F. The summed E-state index contributed by atoms with van der Waals surface area (Å²) < 4.78 is 27.4. The molecule has 0 spiro atoms. The van der Waals surface area contributed by atoms with E-state index in [0.717, 1.165) is 19.3 Å². The Bertz CT molecular complexity index is 404. The number of nitrogens with zero attached hydrogens (tertiary/aromatic N) is 1. The van der Waals surface area contributed by atoms with Crippen molar-refractivity contribution in [3.63, 3.8) is 0 Å². The van der Waals surface area contributed by atoms with Crippen LogP contribution in [0.2, 0.25) is 0 Å². The predicted molar refractivity (Wildman–Crippen MR) is 70.3 cm³/mol. The van der Waals surface area contributed by atoms with Gasteiger partial charge < -0.3 is 10.0 Å². The molecule has 0 radical (unpaired) electrons. The van der Waals surface area contributed by atoms with E-state index in [4.69, 9.17) is 5.11 Å². The van der Waals surface area contributed by atoms with E-state index in [1.54, 1.807) is 0 Å². The average Bonchev–Trinajstić information content (AvgIpc) is 2.35. The van der Waals surface area contributed by atoms with Crippen LogP contribution < -0.4 is 4.90 Å². The quantitative estimate of drug-likeness (QED) is 0.736. The van der Waals surface area contributed by atoms with Gasteiger partial charge in [0.15, 0.2) is 0 Å². The van der Waals surface area contributed by atoms with Crippen molar-refractivity contribution in [1.29, 1.82) is 0 Å². The zero-order valence-electron chi connectivity index (χ0n) is 11.0. The Labute approximate surface area is 111 Å². The molecule has 0 aromatic heterocycles. The monoisotopic (exact) mass is 271 g/mol. The first kappa shape index (κ1) is 15.4. The van der Waals surface area contributed by atoms with Crippen LogP contribution in [0.1, 0.15) is 32.6 Å². The Morgan fingerprint density at radius 1 is 1.21 bits per heavy atom. The number of hydrogen-bond acceptors (Lipinski definition) is 2. The first-order valence-electron chi connectivity index (χ1n) is 6.47. The maximum Gasteiger partial charge on any atom is 0.305 e. The highest BCUT2D eigenvalue weighted by Gasteiger charge is 2.17. The van der Waals surface area contributed by atoms with Gasteiger partial charge in [0.25, 0.3) is 0 Å². The molecule has 3 nitrogen and oxygen atoms in total. The summed E-state index contributed by atoms with van der Waals surface area (Å²) in [7, 11) is 0. The molecule has 106 valence electrons. The van der Waals surface area contributed by atoms with Crippen LogP contribution in [0.4, 0.5) is 14.5 Å². The van der Waals surface area contributed by atoms with Gasteiger partial charge in [0.05, 0.1) is 6.42 Å². The average molecular weight is 271 g/mol. The molecule has 0 saturated carbocycles.